The number of phenols is 1. The largest absolute Gasteiger partial charge is 0.578 e. The van der Waals surface area contributed by atoms with Crippen LogP contribution in [0.5, 0.6) is 5.75 Å². The lowest BCUT2D eigenvalue weighted by molar-refractivity contribution is 0.336. The summed E-state index contributed by atoms with van der Waals surface area (Å²) in [7, 11) is 0. The van der Waals surface area contributed by atoms with Gasteiger partial charge in [0.25, 0.3) is 0 Å². The summed E-state index contributed by atoms with van der Waals surface area (Å²) in [6.07, 6.45) is 6.07. The number of hydrogen-bond donors (Lipinski definition) is 3. The molecule has 1 fully saturated rings. The van der Waals surface area contributed by atoms with Gasteiger partial charge >= 0.3 is 5.90 Å². The number of phenolic OH excluding ortho intramolecular Hbond substituents is 1. The van der Waals surface area contributed by atoms with Crippen LogP contribution in [0.2, 0.25) is 0 Å². The van der Waals surface area contributed by atoms with E-state index in [4.69, 9.17) is 16.2 Å². The first-order chi connectivity index (χ1) is 14.0. The van der Waals surface area contributed by atoms with Crippen LogP contribution in [0.3, 0.4) is 0 Å². The highest BCUT2D eigenvalue weighted by molar-refractivity contribution is 6.05. The van der Waals surface area contributed by atoms with Crippen LogP contribution in [-0.4, -0.2) is 31.9 Å². The Balaban J connectivity index is 1.60. The number of rotatable bonds is 4. The molecule has 3 aromatic rings. The number of nitrogen functional groups attached to an aromatic ring is 1. The van der Waals surface area contributed by atoms with Gasteiger partial charge in [-0.1, -0.05) is 30.7 Å². The summed E-state index contributed by atoms with van der Waals surface area (Å²) in [5.74, 6) is 0.603. The number of aromatic nitrogens is 2. The summed E-state index contributed by atoms with van der Waals surface area (Å²) in [5, 5.41) is 26.2. The van der Waals surface area contributed by atoms with Crippen molar-refractivity contribution in [1.29, 1.82) is 5.41 Å². The SMILES string of the molecule is N=C(N=C([OH2+])c1ccc(O)cc1)C1(c2ccc(-c3cnc(N)nc3)cc2)CCC1. The predicted molar refractivity (Wildman–Crippen MR) is 113 cm³/mol. The smallest absolute Gasteiger partial charge is 0.366 e. The highest BCUT2D eigenvalue weighted by atomic mass is 16.3. The van der Waals surface area contributed by atoms with Crippen LogP contribution >= 0.6 is 0 Å². The summed E-state index contributed by atoms with van der Waals surface area (Å²) < 4.78 is 0. The molecule has 0 saturated heterocycles. The van der Waals surface area contributed by atoms with Gasteiger partial charge in [-0.05, 0) is 48.2 Å². The number of anilines is 1. The van der Waals surface area contributed by atoms with Gasteiger partial charge in [0.15, 0.2) is 0 Å². The number of nitrogens with two attached hydrogens (primary N) is 1. The maximum atomic E-state index is 9.41. The van der Waals surface area contributed by atoms with Gasteiger partial charge in [-0.3, -0.25) is 5.41 Å². The van der Waals surface area contributed by atoms with Crippen LogP contribution in [0.4, 0.5) is 5.95 Å². The molecular formula is C22H22N5O2+. The first kappa shape index (κ1) is 18.6. The molecular weight excluding hydrogens is 366 g/mol. The maximum Gasteiger partial charge on any atom is 0.366 e. The van der Waals surface area contributed by atoms with Crippen molar-refractivity contribution in [1.82, 2.24) is 9.97 Å². The van der Waals surface area contributed by atoms with Crippen LogP contribution in [0.1, 0.15) is 30.4 Å². The van der Waals surface area contributed by atoms with Crippen molar-refractivity contribution in [3.05, 3.63) is 72.1 Å². The fourth-order valence-electron chi connectivity index (χ4n) is 3.56. The number of nitrogens with zero attached hydrogens (tertiary/aromatic N) is 3. The van der Waals surface area contributed by atoms with Gasteiger partial charge in [-0.15, -0.1) is 4.99 Å². The molecule has 1 aliphatic carbocycles. The minimum Gasteiger partial charge on any atom is -0.578 e. The van der Waals surface area contributed by atoms with E-state index in [1.807, 2.05) is 24.3 Å². The monoisotopic (exact) mass is 388 g/mol. The van der Waals surface area contributed by atoms with E-state index in [9.17, 15) is 5.11 Å². The number of amidine groups is 1. The second-order valence-corrected chi connectivity index (χ2v) is 7.20. The van der Waals surface area contributed by atoms with E-state index >= 15 is 0 Å². The average molecular weight is 388 g/mol. The molecule has 2 aromatic carbocycles. The molecule has 6 N–H and O–H groups in total. The second kappa shape index (κ2) is 7.35. The second-order valence-electron chi connectivity index (χ2n) is 7.20. The number of aliphatic imine (C=N–C) groups is 1. The Morgan fingerprint density at radius 2 is 1.62 bits per heavy atom. The molecule has 0 atom stereocenters. The molecule has 1 heterocycles. The van der Waals surface area contributed by atoms with Gasteiger partial charge in [-0.25, -0.2) is 9.97 Å². The van der Waals surface area contributed by atoms with E-state index in [1.54, 1.807) is 24.5 Å². The first-order valence-electron chi connectivity index (χ1n) is 9.35. The molecule has 1 aliphatic rings. The van der Waals surface area contributed by atoms with Crippen molar-refractivity contribution in [2.45, 2.75) is 24.7 Å². The van der Waals surface area contributed by atoms with Gasteiger partial charge in [-0.2, -0.15) is 0 Å². The van der Waals surface area contributed by atoms with Crippen molar-refractivity contribution in [3.63, 3.8) is 0 Å². The molecule has 0 bridgehead atoms. The summed E-state index contributed by atoms with van der Waals surface area (Å²) in [6.45, 7) is 0. The van der Waals surface area contributed by atoms with Crippen LogP contribution in [0, 0.1) is 5.41 Å². The minimum absolute atomic E-state index is 0.0249. The third-order valence-corrected chi connectivity index (χ3v) is 5.47. The number of benzene rings is 2. The Hall–Kier alpha value is -3.74. The van der Waals surface area contributed by atoms with Gasteiger partial charge in [0.1, 0.15) is 11.6 Å². The highest BCUT2D eigenvalue weighted by Crippen LogP contribution is 2.45. The number of nitrogens with one attached hydrogen (secondary N) is 1. The fourth-order valence-corrected chi connectivity index (χ4v) is 3.56. The summed E-state index contributed by atoms with van der Waals surface area (Å²) in [4.78, 5) is 12.3. The Bertz CT molecular complexity index is 1050. The Morgan fingerprint density at radius 3 is 2.17 bits per heavy atom. The zero-order chi connectivity index (χ0) is 20.4. The molecule has 29 heavy (non-hydrogen) atoms. The zero-order valence-corrected chi connectivity index (χ0v) is 15.8. The Morgan fingerprint density at radius 1 is 1.00 bits per heavy atom. The van der Waals surface area contributed by atoms with Crippen LogP contribution in [0.25, 0.3) is 11.1 Å². The molecule has 146 valence electrons. The van der Waals surface area contributed by atoms with Crippen LogP contribution in [0.15, 0.2) is 65.9 Å². The molecule has 1 saturated carbocycles. The molecule has 1 aromatic heterocycles. The Labute approximate surface area is 168 Å². The molecule has 0 amide bonds. The average Bonchev–Trinajstić information content (AvgIpc) is 2.69. The number of hydrogen-bond acceptors (Lipinski definition) is 5. The topological polar surface area (TPSA) is 131 Å². The van der Waals surface area contributed by atoms with Crippen LogP contribution < -0.4 is 5.73 Å². The molecule has 0 aliphatic heterocycles. The van der Waals surface area contributed by atoms with E-state index in [-0.39, 0.29) is 23.4 Å². The molecule has 7 nitrogen and oxygen atoms in total. The predicted octanol–water partition coefficient (Wildman–Crippen LogP) is 3.00. The summed E-state index contributed by atoms with van der Waals surface area (Å²) in [6, 6.07) is 14.3. The van der Waals surface area contributed by atoms with Gasteiger partial charge in [0.2, 0.25) is 5.95 Å². The van der Waals surface area contributed by atoms with Crippen molar-refractivity contribution < 1.29 is 10.2 Å². The van der Waals surface area contributed by atoms with Gasteiger partial charge < -0.3 is 15.9 Å². The van der Waals surface area contributed by atoms with Crippen molar-refractivity contribution >= 4 is 17.7 Å². The lowest BCUT2D eigenvalue weighted by Crippen LogP contribution is -2.41. The van der Waals surface area contributed by atoms with E-state index < -0.39 is 5.41 Å². The summed E-state index contributed by atoms with van der Waals surface area (Å²) >= 11 is 0. The third-order valence-electron chi connectivity index (χ3n) is 5.47. The van der Waals surface area contributed by atoms with E-state index in [2.05, 4.69) is 15.0 Å². The zero-order valence-electron chi connectivity index (χ0n) is 15.8. The van der Waals surface area contributed by atoms with E-state index in [1.165, 1.54) is 12.1 Å². The fraction of sp³-hybridized carbons (Fsp3) is 0.182. The highest BCUT2D eigenvalue weighted by Gasteiger charge is 2.43. The van der Waals surface area contributed by atoms with Crippen molar-refractivity contribution in [3.8, 4) is 16.9 Å². The Kier molecular flexibility index (Phi) is 4.72. The lowest BCUT2D eigenvalue weighted by atomic mass is 9.63. The molecule has 4 rings (SSSR count). The number of aromatic hydroxyl groups is 1. The third kappa shape index (κ3) is 3.54. The molecule has 0 radical (unpaired) electrons. The normalized spacial score (nSPS) is 15.5. The van der Waals surface area contributed by atoms with E-state index in [0.717, 1.165) is 36.0 Å². The van der Waals surface area contributed by atoms with Crippen molar-refractivity contribution in [2.75, 3.05) is 5.73 Å². The standard InChI is InChI=1S/C22H21N5O2/c23-20(27-19(29)15-4-8-18(28)9-5-15)22(10-1-11-22)17-6-2-14(3-7-17)16-12-25-21(24)26-13-16/h2-9,12-13,28H,1,10-11H2,(H2,23,27,29)(H2,24,25,26)/p+1. The minimum atomic E-state index is -0.459. The first-order valence-corrected chi connectivity index (χ1v) is 9.35. The molecule has 0 spiro atoms. The molecule has 7 heteroatoms. The molecule has 0 unspecified atom stereocenters. The van der Waals surface area contributed by atoms with Gasteiger partial charge in [0, 0.05) is 18.0 Å². The lowest BCUT2D eigenvalue weighted by Gasteiger charge is -2.41. The quantitative estimate of drug-likeness (QED) is 0.360. The van der Waals surface area contributed by atoms with Crippen molar-refractivity contribution in [2.24, 2.45) is 4.99 Å². The van der Waals surface area contributed by atoms with E-state index in [0.29, 0.717) is 5.56 Å². The van der Waals surface area contributed by atoms with Crippen LogP contribution in [-0.2, 0) is 5.41 Å². The summed E-state index contributed by atoms with van der Waals surface area (Å²) in [5.41, 5.74) is 8.54. The maximum absolute atomic E-state index is 9.41. The van der Waals surface area contributed by atoms with Gasteiger partial charge in [0.05, 0.1) is 11.0 Å².